The van der Waals surface area contributed by atoms with Crippen molar-refractivity contribution in [3.05, 3.63) is 48.3 Å². The number of allylic oxidation sites excluding steroid dienone is 3. The van der Waals surface area contributed by atoms with Crippen molar-refractivity contribution in [3.63, 3.8) is 0 Å². The van der Waals surface area contributed by atoms with Gasteiger partial charge in [0.2, 0.25) is 5.91 Å². The Bertz CT molecular complexity index is 712. The molecule has 7 nitrogen and oxygen atoms in total. The molecule has 0 saturated carbocycles. The lowest BCUT2D eigenvalue weighted by molar-refractivity contribution is -0.142. The molecule has 148 valence electrons. The number of nitrogens with one attached hydrogen (secondary N) is 1. The normalized spacial score (nSPS) is 14.4. The van der Waals surface area contributed by atoms with E-state index in [-0.39, 0.29) is 23.7 Å². The van der Waals surface area contributed by atoms with Crippen LogP contribution in [-0.4, -0.2) is 38.3 Å². The standard InChI is InChI=1S/C20H27NO6/c1-4-5-6-7-15(12(2)13(3)22)19(25)21-16(20(26)27)10-14-8-9-17(23)18(24)11-14/h5-6,8-9,11-12,15-16,22-24H,3-4,7,10H2,1-2H3,(H,21,25)(H,26,27)/b6-5+/t12?,15?,16-/m1/s1. The summed E-state index contributed by atoms with van der Waals surface area (Å²) in [4.78, 5) is 24.2. The van der Waals surface area contributed by atoms with Gasteiger partial charge in [-0.3, -0.25) is 4.79 Å². The van der Waals surface area contributed by atoms with Gasteiger partial charge in [-0.15, -0.1) is 0 Å². The lowest BCUT2D eigenvalue weighted by atomic mass is 9.88. The predicted molar refractivity (Wildman–Crippen MR) is 102 cm³/mol. The zero-order valence-electron chi connectivity index (χ0n) is 15.6. The third kappa shape index (κ3) is 6.69. The number of amides is 1. The van der Waals surface area contributed by atoms with Crippen LogP contribution in [0.4, 0.5) is 0 Å². The van der Waals surface area contributed by atoms with E-state index in [1.165, 1.54) is 18.2 Å². The lowest BCUT2D eigenvalue weighted by Crippen LogP contribution is -2.46. The van der Waals surface area contributed by atoms with Gasteiger partial charge < -0.3 is 25.7 Å². The number of rotatable bonds is 10. The van der Waals surface area contributed by atoms with E-state index in [1.807, 2.05) is 19.1 Å². The largest absolute Gasteiger partial charge is 0.513 e. The SMILES string of the molecule is C=C(O)C(C)C(C/C=C/CC)C(=O)N[C@H](Cc1ccc(O)c(O)c1)C(=O)O. The van der Waals surface area contributed by atoms with Crippen molar-refractivity contribution >= 4 is 11.9 Å². The van der Waals surface area contributed by atoms with Gasteiger partial charge in [0.1, 0.15) is 6.04 Å². The molecule has 1 aromatic carbocycles. The van der Waals surface area contributed by atoms with Crippen molar-refractivity contribution in [3.8, 4) is 11.5 Å². The number of hydrogen-bond donors (Lipinski definition) is 5. The molecule has 27 heavy (non-hydrogen) atoms. The first-order chi connectivity index (χ1) is 12.7. The van der Waals surface area contributed by atoms with Crippen molar-refractivity contribution in [1.82, 2.24) is 5.32 Å². The number of aliphatic hydroxyl groups excluding tert-OH is 1. The molecule has 5 N–H and O–H groups in total. The third-order valence-electron chi connectivity index (χ3n) is 4.35. The highest BCUT2D eigenvalue weighted by Crippen LogP contribution is 2.26. The maximum atomic E-state index is 12.7. The molecule has 1 amide bonds. The Hall–Kier alpha value is -2.96. The molecule has 0 aliphatic rings. The van der Waals surface area contributed by atoms with E-state index in [0.717, 1.165) is 6.42 Å². The van der Waals surface area contributed by atoms with Crippen LogP contribution in [0.1, 0.15) is 32.3 Å². The number of hydrogen-bond acceptors (Lipinski definition) is 5. The van der Waals surface area contributed by atoms with Gasteiger partial charge in [-0.05, 0) is 30.5 Å². The molecule has 0 radical (unpaired) electrons. The molecular weight excluding hydrogens is 350 g/mol. The smallest absolute Gasteiger partial charge is 0.326 e. The molecule has 7 heteroatoms. The van der Waals surface area contributed by atoms with E-state index in [0.29, 0.717) is 12.0 Å². The van der Waals surface area contributed by atoms with Crippen molar-refractivity contribution < 1.29 is 30.0 Å². The van der Waals surface area contributed by atoms with Gasteiger partial charge in [0, 0.05) is 12.3 Å². The van der Waals surface area contributed by atoms with Crippen LogP contribution < -0.4 is 5.32 Å². The van der Waals surface area contributed by atoms with Crippen LogP contribution in [0.2, 0.25) is 0 Å². The minimum Gasteiger partial charge on any atom is -0.513 e. The molecular formula is C20H27NO6. The van der Waals surface area contributed by atoms with Crippen molar-refractivity contribution in [1.29, 1.82) is 0 Å². The van der Waals surface area contributed by atoms with E-state index in [9.17, 15) is 30.0 Å². The van der Waals surface area contributed by atoms with E-state index in [4.69, 9.17) is 0 Å². The average molecular weight is 377 g/mol. The van der Waals surface area contributed by atoms with E-state index in [1.54, 1.807) is 6.92 Å². The second-order valence-electron chi connectivity index (χ2n) is 6.43. The highest BCUT2D eigenvalue weighted by atomic mass is 16.4. The second kappa shape index (κ2) is 10.3. The van der Waals surface area contributed by atoms with E-state index < -0.39 is 29.8 Å². The minimum atomic E-state index is -1.23. The Balaban J connectivity index is 2.95. The summed E-state index contributed by atoms with van der Waals surface area (Å²) in [7, 11) is 0. The Morgan fingerprint density at radius 1 is 1.19 bits per heavy atom. The van der Waals surface area contributed by atoms with Gasteiger partial charge >= 0.3 is 5.97 Å². The van der Waals surface area contributed by atoms with Crippen LogP contribution in [0.15, 0.2) is 42.7 Å². The highest BCUT2D eigenvalue weighted by molar-refractivity contribution is 5.85. The molecule has 0 aliphatic heterocycles. The van der Waals surface area contributed by atoms with Crippen LogP contribution in [0.3, 0.4) is 0 Å². The van der Waals surface area contributed by atoms with Crippen LogP contribution in [0.5, 0.6) is 11.5 Å². The van der Waals surface area contributed by atoms with Crippen molar-refractivity contribution in [2.24, 2.45) is 11.8 Å². The van der Waals surface area contributed by atoms with Crippen LogP contribution in [-0.2, 0) is 16.0 Å². The molecule has 0 spiro atoms. The molecule has 2 unspecified atom stereocenters. The van der Waals surface area contributed by atoms with Crippen LogP contribution in [0, 0.1) is 11.8 Å². The molecule has 0 fully saturated rings. The molecule has 1 rings (SSSR count). The number of aromatic hydroxyl groups is 2. The number of carbonyl (C=O) groups is 2. The first-order valence-electron chi connectivity index (χ1n) is 8.74. The number of aliphatic hydroxyl groups is 1. The number of aliphatic carboxylic acids is 1. The quantitative estimate of drug-likeness (QED) is 0.242. The Labute approximate surface area is 158 Å². The lowest BCUT2D eigenvalue weighted by Gasteiger charge is -2.24. The number of phenols is 2. The molecule has 0 saturated heterocycles. The maximum absolute atomic E-state index is 12.7. The molecule has 0 aliphatic carbocycles. The van der Waals surface area contributed by atoms with Crippen LogP contribution >= 0.6 is 0 Å². The fraction of sp³-hybridized carbons (Fsp3) is 0.400. The number of phenolic OH excluding ortho intramolecular Hbond substituents is 2. The first-order valence-corrected chi connectivity index (χ1v) is 8.74. The summed E-state index contributed by atoms with van der Waals surface area (Å²) in [5, 5.41) is 40.5. The maximum Gasteiger partial charge on any atom is 0.326 e. The molecule has 3 atom stereocenters. The molecule has 0 aromatic heterocycles. The summed E-state index contributed by atoms with van der Waals surface area (Å²) >= 11 is 0. The van der Waals surface area contributed by atoms with Crippen LogP contribution in [0.25, 0.3) is 0 Å². The number of carbonyl (C=O) groups excluding carboxylic acids is 1. The summed E-state index contributed by atoms with van der Waals surface area (Å²) in [6, 6.07) is 2.74. The number of benzene rings is 1. The van der Waals surface area contributed by atoms with E-state index >= 15 is 0 Å². The van der Waals surface area contributed by atoms with Gasteiger partial charge in [-0.25, -0.2) is 4.79 Å². The van der Waals surface area contributed by atoms with E-state index in [2.05, 4.69) is 11.9 Å². The summed E-state index contributed by atoms with van der Waals surface area (Å²) < 4.78 is 0. The molecule has 0 bridgehead atoms. The van der Waals surface area contributed by atoms with Crippen molar-refractivity contribution in [2.45, 2.75) is 39.2 Å². The zero-order chi connectivity index (χ0) is 20.6. The minimum absolute atomic E-state index is 0.0686. The Morgan fingerprint density at radius 2 is 1.85 bits per heavy atom. The summed E-state index contributed by atoms with van der Waals surface area (Å²) in [5.41, 5.74) is 0.444. The average Bonchev–Trinajstić information content (AvgIpc) is 2.60. The topological polar surface area (TPSA) is 127 Å². The Kier molecular flexibility index (Phi) is 8.38. The van der Waals surface area contributed by atoms with Gasteiger partial charge in [-0.2, -0.15) is 0 Å². The second-order valence-corrected chi connectivity index (χ2v) is 6.43. The van der Waals surface area contributed by atoms with Gasteiger partial charge in [0.15, 0.2) is 11.5 Å². The van der Waals surface area contributed by atoms with Gasteiger partial charge in [-0.1, -0.05) is 38.6 Å². The van der Waals surface area contributed by atoms with Crippen molar-refractivity contribution in [2.75, 3.05) is 0 Å². The summed E-state index contributed by atoms with van der Waals surface area (Å²) in [6.07, 6.45) is 4.77. The molecule has 1 aromatic rings. The van der Waals surface area contributed by atoms with Gasteiger partial charge in [0.05, 0.1) is 11.7 Å². The molecule has 0 heterocycles. The fourth-order valence-corrected chi connectivity index (χ4v) is 2.59. The monoisotopic (exact) mass is 377 g/mol. The first kappa shape index (κ1) is 22.1. The third-order valence-corrected chi connectivity index (χ3v) is 4.35. The number of carboxylic acids is 1. The number of carboxylic acid groups (broad SMARTS) is 1. The highest BCUT2D eigenvalue weighted by Gasteiger charge is 2.30. The van der Waals surface area contributed by atoms with Gasteiger partial charge in [0.25, 0.3) is 0 Å². The zero-order valence-corrected chi connectivity index (χ0v) is 15.6. The Morgan fingerprint density at radius 3 is 2.37 bits per heavy atom. The summed E-state index contributed by atoms with van der Waals surface area (Å²) in [6.45, 7) is 7.08. The predicted octanol–water partition coefficient (Wildman–Crippen LogP) is 2.89. The summed E-state index contributed by atoms with van der Waals surface area (Å²) in [5.74, 6) is -3.76. The fourth-order valence-electron chi connectivity index (χ4n) is 2.59.